The van der Waals surface area contributed by atoms with Crippen LogP contribution in [0, 0.1) is 0 Å². The molecule has 0 fully saturated rings. The lowest BCUT2D eigenvalue weighted by Crippen LogP contribution is -2.13. The minimum Gasteiger partial charge on any atom is -0.399 e. The molecule has 0 aliphatic heterocycles. The number of benzene rings is 2. The molecule has 0 aliphatic carbocycles. The van der Waals surface area contributed by atoms with E-state index in [0.717, 1.165) is 5.56 Å². The Bertz CT molecular complexity index is 561. The van der Waals surface area contributed by atoms with Gasteiger partial charge >= 0.3 is 0 Å². The number of nitrogen functional groups attached to an aromatic ring is 1. The number of hydrogen-bond acceptors (Lipinski definition) is 3. The number of nitrogens with one attached hydrogen (secondary N) is 1. The van der Waals surface area contributed by atoms with Crippen molar-refractivity contribution in [3.63, 3.8) is 0 Å². The van der Waals surface area contributed by atoms with E-state index < -0.39 is 12.5 Å². The Morgan fingerprint density at radius 3 is 2.45 bits per heavy atom. The van der Waals surface area contributed by atoms with Gasteiger partial charge in [-0.05, 0) is 23.8 Å². The Morgan fingerprint density at radius 1 is 1.10 bits per heavy atom. The van der Waals surface area contributed by atoms with Crippen LogP contribution in [-0.4, -0.2) is 11.7 Å². The van der Waals surface area contributed by atoms with Gasteiger partial charge in [-0.25, -0.2) is 8.78 Å². The average Bonchev–Trinajstić information content (AvgIpc) is 2.46. The molecule has 0 radical (unpaired) electrons. The molecule has 106 valence electrons. The molecule has 0 saturated carbocycles. The number of rotatable bonds is 5. The van der Waals surface area contributed by atoms with Crippen LogP contribution in [0.3, 0.4) is 0 Å². The van der Waals surface area contributed by atoms with E-state index in [0.29, 0.717) is 0 Å². The van der Waals surface area contributed by atoms with Crippen molar-refractivity contribution in [1.29, 1.82) is 0 Å². The van der Waals surface area contributed by atoms with Gasteiger partial charge in [0, 0.05) is 23.5 Å². The molecule has 3 nitrogen and oxygen atoms in total. The number of hydrogen-bond donors (Lipinski definition) is 3. The zero-order valence-electron chi connectivity index (χ0n) is 10.8. The maximum atomic E-state index is 12.9. The summed E-state index contributed by atoms with van der Waals surface area (Å²) in [6.45, 7) is 0.146. The van der Waals surface area contributed by atoms with Gasteiger partial charge in [0.05, 0.1) is 6.10 Å². The predicted octanol–water partition coefficient (Wildman–Crippen LogP) is 3.35. The maximum Gasteiger partial charge on any atom is 0.265 e. The number of alkyl halides is 2. The highest BCUT2D eigenvalue weighted by molar-refractivity contribution is 5.58. The van der Waals surface area contributed by atoms with Crippen LogP contribution < -0.4 is 11.1 Å². The zero-order chi connectivity index (χ0) is 14.5. The van der Waals surface area contributed by atoms with Gasteiger partial charge in [0.1, 0.15) is 0 Å². The van der Waals surface area contributed by atoms with Crippen LogP contribution in [0.25, 0.3) is 0 Å². The molecule has 0 bridgehead atoms. The topological polar surface area (TPSA) is 58.3 Å². The lowest BCUT2D eigenvalue weighted by Gasteiger charge is -2.16. The third-order valence-electron chi connectivity index (χ3n) is 2.98. The monoisotopic (exact) mass is 278 g/mol. The smallest absolute Gasteiger partial charge is 0.265 e. The molecule has 5 heteroatoms. The van der Waals surface area contributed by atoms with E-state index in [9.17, 15) is 13.9 Å². The second kappa shape index (κ2) is 6.34. The molecule has 2 aromatic carbocycles. The van der Waals surface area contributed by atoms with Crippen LogP contribution in [0.15, 0.2) is 48.5 Å². The molecule has 0 saturated heterocycles. The summed E-state index contributed by atoms with van der Waals surface area (Å²) in [6, 6.07) is 13.3. The summed E-state index contributed by atoms with van der Waals surface area (Å²) in [7, 11) is 0. The first-order chi connectivity index (χ1) is 9.58. The van der Waals surface area contributed by atoms with Gasteiger partial charge in [0.2, 0.25) is 0 Å². The van der Waals surface area contributed by atoms with Crippen molar-refractivity contribution < 1.29 is 13.9 Å². The van der Waals surface area contributed by atoms with Crippen molar-refractivity contribution in [3.8, 4) is 0 Å². The summed E-state index contributed by atoms with van der Waals surface area (Å²) < 4.78 is 25.8. The molecule has 1 atom stereocenters. The first-order valence-electron chi connectivity index (χ1n) is 6.22. The van der Waals surface area contributed by atoms with Crippen LogP contribution in [0.1, 0.15) is 23.7 Å². The van der Waals surface area contributed by atoms with E-state index in [1.54, 1.807) is 18.2 Å². The Kier molecular flexibility index (Phi) is 4.53. The molecular weight excluding hydrogens is 262 g/mol. The van der Waals surface area contributed by atoms with Crippen molar-refractivity contribution in [3.05, 3.63) is 59.7 Å². The van der Waals surface area contributed by atoms with Gasteiger partial charge in [0.25, 0.3) is 6.43 Å². The second-order valence-corrected chi connectivity index (χ2v) is 4.45. The molecule has 0 heterocycles. The molecule has 4 N–H and O–H groups in total. The second-order valence-electron chi connectivity index (χ2n) is 4.45. The fourth-order valence-corrected chi connectivity index (χ4v) is 1.92. The van der Waals surface area contributed by atoms with Crippen molar-refractivity contribution in [2.45, 2.75) is 12.5 Å². The Balaban J connectivity index is 2.08. The van der Waals surface area contributed by atoms with Gasteiger partial charge < -0.3 is 16.2 Å². The van der Waals surface area contributed by atoms with Crippen molar-refractivity contribution >= 4 is 11.4 Å². The standard InChI is InChI=1S/C15H16F2N2O/c16-15(17)12-8-11(18)6-7-13(12)19-9-14(20)10-4-2-1-3-5-10/h1-8,14-15,19-20H,9,18H2. The molecule has 2 aromatic rings. The minimum absolute atomic E-state index is 0.146. The molecule has 1 unspecified atom stereocenters. The molecule has 0 spiro atoms. The average molecular weight is 278 g/mol. The molecule has 0 amide bonds. The predicted molar refractivity (Wildman–Crippen MR) is 75.7 cm³/mol. The number of anilines is 2. The van der Waals surface area contributed by atoms with E-state index in [2.05, 4.69) is 5.32 Å². The summed E-state index contributed by atoms with van der Waals surface area (Å²) in [4.78, 5) is 0. The van der Waals surface area contributed by atoms with Crippen LogP contribution in [0.4, 0.5) is 20.2 Å². The Hall–Kier alpha value is -2.14. The fraction of sp³-hybridized carbons (Fsp3) is 0.200. The fourth-order valence-electron chi connectivity index (χ4n) is 1.92. The third kappa shape index (κ3) is 3.45. The van der Waals surface area contributed by atoms with Gasteiger partial charge in [-0.1, -0.05) is 30.3 Å². The number of halogens is 2. The van der Waals surface area contributed by atoms with E-state index in [4.69, 9.17) is 5.73 Å². The Labute approximate surface area is 116 Å². The normalized spacial score (nSPS) is 12.4. The number of aliphatic hydroxyl groups is 1. The lowest BCUT2D eigenvalue weighted by molar-refractivity contribution is 0.152. The molecule has 0 aromatic heterocycles. The third-order valence-corrected chi connectivity index (χ3v) is 2.98. The first-order valence-corrected chi connectivity index (χ1v) is 6.22. The van der Waals surface area contributed by atoms with E-state index in [1.165, 1.54) is 12.1 Å². The van der Waals surface area contributed by atoms with Crippen molar-refractivity contribution in [1.82, 2.24) is 0 Å². The van der Waals surface area contributed by atoms with Gasteiger partial charge in [-0.3, -0.25) is 0 Å². The van der Waals surface area contributed by atoms with Crippen molar-refractivity contribution in [2.24, 2.45) is 0 Å². The minimum atomic E-state index is -2.62. The highest BCUT2D eigenvalue weighted by Crippen LogP contribution is 2.29. The first kappa shape index (κ1) is 14.3. The largest absolute Gasteiger partial charge is 0.399 e. The molecular formula is C15H16F2N2O. The molecule has 20 heavy (non-hydrogen) atoms. The lowest BCUT2D eigenvalue weighted by atomic mass is 10.1. The summed E-state index contributed by atoms with van der Waals surface area (Å²) in [5.74, 6) is 0. The molecule has 0 aliphatic rings. The van der Waals surface area contributed by atoms with Gasteiger partial charge in [-0.2, -0.15) is 0 Å². The molecule has 2 rings (SSSR count). The van der Waals surface area contributed by atoms with Crippen molar-refractivity contribution in [2.75, 3.05) is 17.6 Å². The Morgan fingerprint density at radius 2 is 1.80 bits per heavy atom. The summed E-state index contributed by atoms with van der Waals surface area (Å²) in [6.07, 6.45) is -3.38. The number of nitrogens with two attached hydrogens (primary N) is 1. The van der Waals surface area contributed by atoms with Gasteiger partial charge in [0.15, 0.2) is 0 Å². The summed E-state index contributed by atoms with van der Waals surface area (Å²) in [5, 5.41) is 12.8. The number of aliphatic hydroxyl groups excluding tert-OH is 1. The zero-order valence-corrected chi connectivity index (χ0v) is 10.8. The van der Waals surface area contributed by atoms with Crippen LogP contribution in [-0.2, 0) is 0 Å². The highest BCUT2D eigenvalue weighted by Gasteiger charge is 2.14. The SMILES string of the molecule is Nc1ccc(NCC(O)c2ccccc2)c(C(F)F)c1. The van der Waals surface area contributed by atoms with Crippen LogP contribution >= 0.6 is 0 Å². The highest BCUT2D eigenvalue weighted by atomic mass is 19.3. The van der Waals surface area contributed by atoms with E-state index >= 15 is 0 Å². The van der Waals surface area contributed by atoms with E-state index in [1.807, 2.05) is 18.2 Å². The van der Waals surface area contributed by atoms with Gasteiger partial charge in [-0.15, -0.1) is 0 Å². The summed E-state index contributed by atoms with van der Waals surface area (Å²) in [5.41, 5.74) is 6.64. The quantitative estimate of drug-likeness (QED) is 0.735. The van der Waals surface area contributed by atoms with Crippen LogP contribution in [0.5, 0.6) is 0 Å². The maximum absolute atomic E-state index is 12.9. The van der Waals surface area contributed by atoms with Crippen LogP contribution in [0.2, 0.25) is 0 Å². The van der Waals surface area contributed by atoms with E-state index in [-0.39, 0.29) is 23.5 Å². The summed E-state index contributed by atoms with van der Waals surface area (Å²) >= 11 is 0.